The van der Waals surface area contributed by atoms with Crippen LogP contribution in [0.1, 0.15) is 58.7 Å². The summed E-state index contributed by atoms with van der Waals surface area (Å²) in [7, 11) is 0. The van der Waals surface area contributed by atoms with Gasteiger partial charge in [0.1, 0.15) is 0 Å². The molecule has 0 bridgehead atoms. The third kappa shape index (κ3) is 3.04. The molecule has 5 nitrogen and oxygen atoms in total. The summed E-state index contributed by atoms with van der Waals surface area (Å²) in [5.41, 5.74) is 9.87. The second-order valence-electron chi connectivity index (χ2n) is 5.86. The highest BCUT2D eigenvalue weighted by molar-refractivity contribution is 5.93. The van der Waals surface area contributed by atoms with E-state index < -0.39 is 0 Å². The van der Waals surface area contributed by atoms with Crippen molar-refractivity contribution >= 4 is 5.91 Å². The molecule has 1 amide bonds. The van der Waals surface area contributed by atoms with Crippen molar-refractivity contribution in [3.8, 4) is 0 Å². The first-order valence-corrected chi connectivity index (χ1v) is 7.75. The van der Waals surface area contributed by atoms with Crippen LogP contribution >= 0.6 is 0 Å². The summed E-state index contributed by atoms with van der Waals surface area (Å²) in [6.07, 6.45) is 4.00. The molecular weight excluding hydrogens is 278 g/mol. The number of hydrogen-bond acceptors (Lipinski definition) is 4. The Morgan fingerprint density at radius 2 is 2.05 bits per heavy atom. The number of benzene rings is 1. The molecule has 3 N–H and O–H groups in total. The molecule has 1 aromatic carbocycles. The van der Waals surface area contributed by atoms with Crippen molar-refractivity contribution in [1.29, 1.82) is 0 Å². The molecule has 1 aliphatic carbocycles. The summed E-state index contributed by atoms with van der Waals surface area (Å²) in [5, 5.41) is 6.91. The lowest BCUT2D eigenvalue weighted by Gasteiger charge is -2.10. The van der Waals surface area contributed by atoms with Crippen molar-refractivity contribution in [3.63, 3.8) is 0 Å². The van der Waals surface area contributed by atoms with E-state index in [0.717, 1.165) is 48.1 Å². The van der Waals surface area contributed by atoms with Crippen molar-refractivity contribution in [2.45, 2.75) is 45.2 Å². The fourth-order valence-electron chi connectivity index (χ4n) is 2.77. The predicted molar refractivity (Wildman–Crippen MR) is 83.4 cm³/mol. The molecule has 0 saturated heterocycles. The molecule has 0 saturated carbocycles. The van der Waals surface area contributed by atoms with Gasteiger partial charge in [-0.2, -0.15) is 0 Å². The van der Waals surface area contributed by atoms with Crippen LogP contribution in [0.5, 0.6) is 0 Å². The van der Waals surface area contributed by atoms with E-state index in [1.165, 1.54) is 0 Å². The molecule has 0 radical (unpaired) electrons. The summed E-state index contributed by atoms with van der Waals surface area (Å²) >= 11 is 0. The van der Waals surface area contributed by atoms with Crippen molar-refractivity contribution in [1.82, 2.24) is 10.5 Å². The van der Waals surface area contributed by atoms with Gasteiger partial charge < -0.3 is 15.6 Å². The molecule has 22 heavy (non-hydrogen) atoms. The topological polar surface area (TPSA) is 81.1 Å². The van der Waals surface area contributed by atoms with Crippen LogP contribution in [-0.4, -0.2) is 11.1 Å². The number of aromatic nitrogens is 1. The summed E-state index contributed by atoms with van der Waals surface area (Å²) in [5.74, 6) is 0.189. The highest BCUT2D eigenvalue weighted by Gasteiger charge is 2.23. The first-order valence-electron chi connectivity index (χ1n) is 7.75. The number of carbonyl (C=O) groups is 1. The Morgan fingerprint density at radius 1 is 1.32 bits per heavy atom. The van der Waals surface area contributed by atoms with E-state index >= 15 is 0 Å². The number of fused-ring (bicyclic) bond motifs is 1. The number of carbonyl (C=O) groups excluding carboxylic acids is 1. The van der Waals surface area contributed by atoms with Crippen LogP contribution in [0.25, 0.3) is 0 Å². The molecule has 1 aliphatic rings. The van der Waals surface area contributed by atoms with Crippen molar-refractivity contribution in [2.75, 3.05) is 0 Å². The van der Waals surface area contributed by atoms with E-state index in [1.54, 1.807) is 0 Å². The van der Waals surface area contributed by atoms with Gasteiger partial charge >= 0.3 is 0 Å². The minimum Gasteiger partial charge on any atom is -0.350 e. The average molecular weight is 299 g/mol. The Balaban J connectivity index is 1.64. The van der Waals surface area contributed by atoms with Crippen LogP contribution in [0.3, 0.4) is 0 Å². The van der Waals surface area contributed by atoms with E-state index in [2.05, 4.69) is 10.5 Å². The predicted octanol–water partition coefficient (Wildman–Crippen LogP) is 2.50. The van der Waals surface area contributed by atoms with Gasteiger partial charge in [0.2, 0.25) is 5.76 Å². The Kier molecular flexibility index (Phi) is 4.24. The standard InChI is InChI=1S/C17H21N3O2/c1-11(18)13-8-6-12(7-9-13)10-19-17(21)16-14-4-2-3-5-15(14)20-22-16/h6-9,11H,2-5,10,18H2,1H3,(H,19,21). The summed E-state index contributed by atoms with van der Waals surface area (Å²) in [6, 6.07) is 7.96. The van der Waals surface area contributed by atoms with E-state index in [4.69, 9.17) is 10.3 Å². The highest BCUT2D eigenvalue weighted by atomic mass is 16.5. The lowest BCUT2D eigenvalue weighted by Crippen LogP contribution is -2.23. The van der Waals surface area contributed by atoms with E-state index in [-0.39, 0.29) is 11.9 Å². The van der Waals surface area contributed by atoms with E-state index in [1.807, 2.05) is 31.2 Å². The van der Waals surface area contributed by atoms with Crippen LogP contribution in [0, 0.1) is 0 Å². The van der Waals surface area contributed by atoms with E-state index in [0.29, 0.717) is 12.3 Å². The smallest absolute Gasteiger partial charge is 0.290 e. The number of amides is 1. The maximum atomic E-state index is 12.3. The number of nitrogens with one attached hydrogen (secondary N) is 1. The number of hydrogen-bond donors (Lipinski definition) is 2. The Labute approximate surface area is 129 Å². The summed E-state index contributed by atoms with van der Waals surface area (Å²) < 4.78 is 5.24. The molecule has 0 spiro atoms. The minimum atomic E-state index is -0.188. The zero-order valence-electron chi connectivity index (χ0n) is 12.8. The fourth-order valence-corrected chi connectivity index (χ4v) is 2.77. The number of aryl methyl sites for hydroxylation is 1. The monoisotopic (exact) mass is 299 g/mol. The maximum Gasteiger partial charge on any atom is 0.290 e. The molecule has 1 heterocycles. The lowest BCUT2D eigenvalue weighted by atomic mass is 9.96. The van der Waals surface area contributed by atoms with Crippen molar-refractivity contribution < 1.29 is 9.32 Å². The van der Waals surface area contributed by atoms with Crippen molar-refractivity contribution in [2.24, 2.45) is 5.73 Å². The quantitative estimate of drug-likeness (QED) is 0.909. The van der Waals surface area contributed by atoms with Crippen LogP contribution in [0.15, 0.2) is 28.8 Å². The van der Waals surface area contributed by atoms with Gasteiger partial charge in [-0.3, -0.25) is 4.79 Å². The average Bonchev–Trinajstić information content (AvgIpc) is 2.97. The first-order chi connectivity index (χ1) is 10.6. The second kappa shape index (κ2) is 6.32. The summed E-state index contributed by atoms with van der Waals surface area (Å²) in [6.45, 7) is 2.41. The number of rotatable bonds is 4. The van der Waals surface area contributed by atoms with Crippen LogP contribution in [-0.2, 0) is 19.4 Å². The molecule has 2 aromatic rings. The molecule has 116 valence electrons. The van der Waals surface area contributed by atoms with Gasteiger partial charge in [-0.1, -0.05) is 29.4 Å². The van der Waals surface area contributed by atoms with Crippen LogP contribution in [0.4, 0.5) is 0 Å². The fraction of sp³-hybridized carbons (Fsp3) is 0.412. The minimum absolute atomic E-state index is 0.0179. The highest BCUT2D eigenvalue weighted by Crippen LogP contribution is 2.23. The molecule has 0 fully saturated rings. The zero-order valence-corrected chi connectivity index (χ0v) is 12.8. The normalized spacial score (nSPS) is 15.2. The molecule has 1 unspecified atom stereocenters. The van der Waals surface area contributed by atoms with Gasteiger partial charge in [0.25, 0.3) is 5.91 Å². The third-order valence-corrected chi connectivity index (χ3v) is 4.12. The van der Waals surface area contributed by atoms with Gasteiger partial charge in [0.15, 0.2) is 0 Å². The molecule has 0 aliphatic heterocycles. The van der Waals surface area contributed by atoms with Gasteiger partial charge in [-0.15, -0.1) is 0 Å². The molecule has 1 aromatic heterocycles. The molecule has 3 rings (SSSR count). The Bertz CT molecular complexity index is 659. The summed E-state index contributed by atoms with van der Waals surface area (Å²) in [4.78, 5) is 12.3. The SMILES string of the molecule is CC(N)c1ccc(CNC(=O)c2onc3c2CCCC3)cc1. The molecule has 5 heteroatoms. The van der Waals surface area contributed by atoms with Crippen LogP contribution in [0.2, 0.25) is 0 Å². The third-order valence-electron chi connectivity index (χ3n) is 4.12. The largest absolute Gasteiger partial charge is 0.350 e. The zero-order chi connectivity index (χ0) is 15.5. The van der Waals surface area contributed by atoms with Gasteiger partial charge in [-0.05, 0) is 43.7 Å². The number of nitrogens with zero attached hydrogens (tertiary/aromatic N) is 1. The van der Waals surface area contributed by atoms with Crippen LogP contribution < -0.4 is 11.1 Å². The van der Waals surface area contributed by atoms with Gasteiger partial charge in [-0.25, -0.2) is 0 Å². The van der Waals surface area contributed by atoms with Gasteiger partial charge in [0.05, 0.1) is 5.69 Å². The van der Waals surface area contributed by atoms with Crippen molar-refractivity contribution in [3.05, 3.63) is 52.4 Å². The maximum absolute atomic E-state index is 12.3. The molecule has 1 atom stereocenters. The Hall–Kier alpha value is -2.14. The lowest BCUT2D eigenvalue weighted by molar-refractivity contribution is 0.0912. The second-order valence-corrected chi connectivity index (χ2v) is 5.86. The van der Waals surface area contributed by atoms with Gasteiger partial charge in [0, 0.05) is 18.2 Å². The van der Waals surface area contributed by atoms with E-state index in [9.17, 15) is 4.79 Å². The molecular formula is C17H21N3O2. The Morgan fingerprint density at radius 3 is 2.77 bits per heavy atom. The number of nitrogens with two attached hydrogens (primary N) is 1. The first kappa shape index (κ1) is 14.8.